The molecule has 1 aromatic carbocycles. The van der Waals surface area contributed by atoms with Gasteiger partial charge in [-0.3, -0.25) is 4.79 Å². The number of carbonyl (C=O) groups is 1. The van der Waals surface area contributed by atoms with Crippen LogP contribution in [0.2, 0.25) is 0 Å². The largest absolute Gasteiger partial charge is 0.315 e. The molecule has 2 heteroatoms. The van der Waals surface area contributed by atoms with Gasteiger partial charge >= 0.3 is 0 Å². The molecule has 0 unspecified atom stereocenters. The van der Waals surface area contributed by atoms with E-state index in [4.69, 9.17) is 0 Å². The van der Waals surface area contributed by atoms with Crippen LogP contribution in [0.3, 0.4) is 0 Å². The zero-order valence-electron chi connectivity index (χ0n) is 8.00. The van der Waals surface area contributed by atoms with E-state index in [0.29, 0.717) is 6.42 Å². The number of para-hydroxylation sites is 1. The number of carbonyl (C=O) groups excluding carboxylic acids is 1. The Morgan fingerprint density at radius 2 is 2.23 bits per heavy atom. The fraction of sp³-hybridized carbons (Fsp3) is 0.364. The number of amides is 1. The Bertz CT molecular complexity index is 357. The van der Waals surface area contributed by atoms with Crippen LogP contribution in [0.25, 0.3) is 0 Å². The highest BCUT2D eigenvalue weighted by Gasteiger charge is 2.25. The molecule has 0 saturated heterocycles. The Kier molecular flexibility index (Phi) is 1.83. The minimum atomic E-state index is 0.205. The van der Waals surface area contributed by atoms with Crippen molar-refractivity contribution in [3.05, 3.63) is 29.3 Å². The van der Waals surface area contributed by atoms with E-state index in [1.807, 2.05) is 19.2 Å². The van der Waals surface area contributed by atoms with Crippen LogP contribution in [0.5, 0.6) is 0 Å². The molecule has 0 bridgehead atoms. The monoisotopic (exact) mass is 175 g/mol. The molecule has 1 heterocycles. The Morgan fingerprint density at radius 1 is 1.46 bits per heavy atom. The van der Waals surface area contributed by atoms with Gasteiger partial charge in [-0.05, 0) is 17.5 Å². The molecule has 0 saturated carbocycles. The van der Waals surface area contributed by atoms with Crippen LogP contribution in [-0.2, 0) is 17.6 Å². The maximum atomic E-state index is 11.4. The highest BCUT2D eigenvalue weighted by molar-refractivity contribution is 6.01. The van der Waals surface area contributed by atoms with Gasteiger partial charge in [0.2, 0.25) is 5.91 Å². The molecule has 1 amide bonds. The van der Waals surface area contributed by atoms with E-state index >= 15 is 0 Å². The molecule has 68 valence electrons. The summed E-state index contributed by atoms with van der Waals surface area (Å²) >= 11 is 0. The molecule has 1 aliphatic heterocycles. The highest BCUT2D eigenvalue weighted by Crippen LogP contribution is 2.31. The number of aryl methyl sites for hydroxylation is 1. The van der Waals surface area contributed by atoms with Crippen molar-refractivity contribution in [1.29, 1.82) is 0 Å². The summed E-state index contributed by atoms with van der Waals surface area (Å²) in [5, 5.41) is 0. The zero-order valence-corrected chi connectivity index (χ0v) is 8.00. The van der Waals surface area contributed by atoms with Crippen LogP contribution in [0.4, 0.5) is 5.69 Å². The summed E-state index contributed by atoms with van der Waals surface area (Å²) in [5.74, 6) is 0.205. The van der Waals surface area contributed by atoms with Crippen molar-refractivity contribution in [2.24, 2.45) is 0 Å². The Balaban J connectivity index is 2.57. The Labute approximate surface area is 78.2 Å². The van der Waals surface area contributed by atoms with E-state index in [1.54, 1.807) is 4.90 Å². The normalized spacial score (nSPS) is 14.9. The van der Waals surface area contributed by atoms with Crippen LogP contribution < -0.4 is 4.90 Å². The molecule has 0 fully saturated rings. The van der Waals surface area contributed by atoms with E-state index in [9.17, 15) is 4.79 Å². The van der Waals surface area contributed by atoms with Crippen molar-refractivity contribution in [3.8, 4) is 0 Å². The van der Waals surface area contributed by atoms with Gasteiger partial charge in [0, 0.05) is 7.05 Å². The first kappa shape index (κ1) is 8.30. The summed E-state index contributed by atoms with van der Waals surface area (Å²) in [7, 11) is 1.85. The number of hydrogen-bond acceptors (Lipinski definition) is 1. The second-order valence-electron chi connectivity index (χ2n) is 3.41. The summed E-state index contributed by atoms with van der Waals surface area (Å²) in [5.41, 5.74) is 3.58. The number of likely N-dealkylation sites (N-methyl/N-ethyl adjacent to an activating group) is 1. The standard InChI is InChI=1S/C11H13NO/c1-3-8-5-4-6-9-7-10(13)12(2)11(8)9/h4-6H,3,7H2,1-2H3. The van der Waals surface area contributed by atoms with E-state index in [0.717, 1.165) is 12.1 Å². The lowest BCUT2D eigenvalue weighted by Crippen LogP contribution is -2.21. The maximum absolute atomic E-state index is 11.4. The quantitative estimate of drug-likeness (QED) is 0.637. The third-order valence-corrected chi connectivity index (χ3v) is 2.64. The number of anilines is 1. The summed E-state index contributed by atoms with van der Waals surface area (Å²) in [6.45, 7) is 2.12. The van der Waals surface area contributed by atoms with Crippen molar-refractivity contribution in [2.45, 2.75) is 19.8 Å². The topological polar surface area (TPSA) is 20.3 Å². The first-order chi connectivity index (χ1) is 6.24. The van der Waals surface area contributed by atoms with Crippen molar-refractivity contribution in [2.75, 3.05) is 11.9 Å². The van der Waals surface area contributed by atoms with Gasteiger partial charge in [-0.15, -0.1) is 0 Å². The molecule has 1 aromatic rings. The third-order valence-electron chi connectivity index (χ3n) is 2.64. The molecule has 0 atom stereocenters. The third kappa shape index (κ3) is 1.13. The molecular weight excluding hydrogens is 162 g/mol. The maximum Gasteiger partial charge on any atom is 0.231 e. The lowest BCUT2D eigenvalue weighted by molar-refractivity contribution is -0.117. The predicted molar refractivity (Wildman–Crippen MR) is 52.9 cm³/mol. The van der Waals surface area contributed by atoms with Crippen molar-refractivity contribution in [3.63, 3.8) is 0 Å². The van der Waals surface area contributed by atoms with Gasteiger partial charge in [0.05, 0.1) is 12.1 Å². The first-order valence-electron chi connectivity index (χ1n) is 4.61. The van der Waals surface area contributed by atoms with Crippen LogP contribution in [0.15, 0.2) is 18.2 Å². The Morgan fingerprint density at radius 3 is 2.92 bits per heavy atom. The molecule has 0 radical (unpaired) electrons. The van der Waals surface area contributed by atoms with Gasteiger partial charge in [0.25, 0.3) is 0 Å². The molecule has 1 aliphatic rings. The van der Waals surface area contributed by atoms with Crippen molar-refractivity contribution < 1.29 is 4.79 Å². The fourth-order valence-corrected chi connectivity index (χ4v) is 1.91. The van der Waals surface area contributed by atoms with Gasteiger partial charge in [-0.25, -0.2) is 0 Å². The van der Waals surface area contributed by atoms with Crippen LogP contribution in [0, 0.1) is 0 Å². The van der Waals surface area contributed by atoms with Crippen molar-refractivity contribution in [1.82, 2.24) is 0 Å². The van der Waals surface area contributed by atoms with E-state index in [-0.39, 0.29) is 5.91 Å². The minimum absolute atomic E-state index is 0.205. The molecule has 13 heavy (non-hydrogen) atoms. The SMILES string of the molecule is CCc1cccc2c1N(C)C(=O)C2. The minimum Gasteiger partial charge on any atom is -0.315 e. The highest BCUT2D eigenvalue weighted by atomic mass is 16.2. The summed E-state index contributed by atoms with van der Waals surface area (Å²) in [6, 6.07) is 6.16. The summed E-state index contributed by atoms with van der Waals surface area (Å²) in [6.07, 6.45) is 1.56. The average molecular weight is 175 g/mol. The van der Waals surface area contributed by atoms with E-state index in [1.165, 1.54) is 11.1 Å². The van der Waals surface area contributed by atoms with Gasteiger partial charge in [0.15, 0.2) is 0 Å². The lowest BCUT2D eigenvalue weighted by Gasteiger charge is -2.13. The number of benzene rings is 1. The number of nitrogens with zero attached hydrogens (tertiary/aromatic N) is 1. The van der Waals surface area contributed by atoms with Crippen LogP contribution in [-0.4, -0.2) is 13.0 Å². The van der Waals surface area contributed by atoms with Crippen LogP contribution in [0.1, 0.15) is 18.1 Å². The van der Waals surface area contributed by atoms with E-state index in [2.05, 4.69) is 13.0 Å². The molecule has 0 aromatic heterocycles. The Hall–Kier alpha value is -1.31. The molecule has 0 N–H and O–H groups in total. The lowest BCUT2D eigenvalue weighted by atomic mass is 10.1. The summed E-state index contributed by atoms with van der Waals surface area (Å²) in [4.78, 5) is 13.2. The number of hydrogen-bond donors (Lipinski definition) is 0. The van der Waals surface area contributed by atoms with Crippen LogP contribution >= 0.6 is 0 Å². The number of rotatable bonds is 1. The average Bonchev–Trinajstić information content (AvgIpc) is 2.43. The smallest absolute Gasteiger partial charge is 0.231 e. The first-order valence-corrected chi connectivity index (χ1v) is 4.61. The molecule has 2 rings (SSSR count). The predicted octanol–water partition coefficient (Wildman–Crippen LogP) is 1.77. The molecular formula is C11H13NO. The zero-order chi connectivity index (χ0) is 9.42. The van der Waals surface area contributed by atoms with E-state index < -0.39 is 0 Å². The fourth-order valence-electron chi connectivity index (χ4n) is 1.91. The van der Waals surface area contributed by atoms with Crippen molar-refractivity contribution >= 4 is 11.6 Å². The molecule has 0 spiro atoms. The second kappa shape index (κ2) is 2.87. The van der Waals surface area contributed by atoms with Gasteiger partial charge < -0.3 is 4.90 Å². The van der Waals surface area contributed by atoms with Gasteiger partial charge in [-0.1, -0.05) is 25.1 Å². The van der Waals surface area contributed by atoms with Gasteiger partial charge in [-0.2, -0.15) is 0 Å². The second-order valence-corrected chi connectivity index (χ2v) is 3.41. The van der Waals surface area contributed by atoms with Gasteiger partial charge in [0.1, 0.15) is 0 Å². The molecule has 2 nitrogen and oxygen atoms in total. The summed E-state index contributed by atoms with van der Waals surface area (Å²) < 4.78 is 0. The molecule has 0 aliphatic carbocycles. The number of fused-ring (bicyclic) bond motifs is 1.